The van der Waals surface area contributed by atoms with Gasteiger partial charge in [0.15, 0.2) is 0 Å². The fourth-order valence-electron chi connectivity index (χ4n) is 6.54. The van der Waals surface area contributed by atoms with E-state index < -0.39 is 12.0 Å². The van der Waals surface area contributed by atoms with E-state index in [0.717, 1.165) is 53.1 Å². The van der Waals surface area contributed by atoms with Crippen LogP contribution in [0.25, 0.3) is 33.2 Å². The summed E-state index contributed by atoms with van der Waals surface area (Å²) in [4.78, 5) is 50.6. The molecule has 1 fully saturated rings. The first kappa shape index (κ1) is 29.9. The van der Waals surface area contributed by atoms with E-state index in [1.54, 1.807) is 24.3 Å². The summed E-state index contributed by atoms with van der Waals surface area (Å²) in [7, 11) is 1.28. The lowest BCUT2D eigenvalue weighted by Crippen LogP contribution is -2.47. The Bertz CT molecular complexity index is 2120. The number of imidazole rings is 1. The van der Waals surface area contributed by atoms with Gasteiger partial charge in [0.25, 0.3) is 5.91 Å². The number of para-hydroxylation sites is 4. The van der Waals surface area contributed by atoms with Crippen LogP contribution in [0.4, 0.5) is 10.5 Å². The highest BCUT2D eigenvalue weighted by Crippen LogP contribution is 2.33. The first-order chi connectivity index (χ1) is 23.0. The average molecular weight is 627 g/mol. The molecule has 0 unspecified atom stereocenters. The molecule has 4 aromatic carbocycles. The standard InChI is InChI=1S/C37H34N6O4/c1-47-37(46)43(27-14-6-3-7-15-27)40-35(44)33-28-16-8-9-17-30(28)38-34(25-12-4-2-5-13-25)29(33)24-41-22-20-26(21-23-41)42-32-19-11-10-18-31(32)39-36(42)45/h2-19,26H,20-24H2,1H3,(H,39,45)(H,40,44). The van der Waals surface area contributed by atoms with Gasteiger partial charge in [-0.2, -0.15) is 5.01 Å². The zero-order valence-corrected chi connectivity index (χ0v) is 25.9. The quantitative estimate of drug-likeness (QED) is 0.210. The number of H-pyrrole nitrogens is 1. The normalized spacial score (nSPS) is 13.9. The molecule has 2 aromatic heterocycles. The predicted octanol–water partition coefficient (Wildman–Crippen LogP) is 6.30. The summed E-state index contributed by atoms with van der Waals surface area (Å²) in [5.74, 6) is -0.453. The number of hydrazine groups is 1. The van der Waals surface area contributed by atoms with Gasteiger partial charge < -0.3 is 9.72 Å². The van der Waals surface area contributed by atoms with Gasteiger partial charge in [-0.15, -0.1) is 0 Å². The molecule has 0 atom stereocenters. The predicted molar refractivity (Wildman–Crippen MR) is 182 cm³/mol. The summed E-state index contributed by atoms with van der Waals surface area (Å²) in [5.41, 5.74) is 8.40. The summed E-state index contributed by atoms with van der Waals surface area (Å²) in [6, 6.07) is 34.1. The zero-order chi connectivity index (χ0) is 32.3. The molecule has 1 aliphatic rings. The van der Waals surface area contributed by atoms with Crippen LogP contribution >= 0.6 is 0 Å². The molecule has 3 heterocycles. The molecule has 2 amide bonds. The number of benzene rings is 4. The van der Waals surface area contributed by atoms with Crippen LogP contribution in [-0.2, 0) is 11.3 Å². The van der Waals surface area contributed by atoms with Gasteiger partial charge in [0.1, 0.15) is 0 Å². The maximum absolute atomic E-state index is 14.4. The van der Waals surface area contributed by atoms with Crippen molar-refractivity contribution >= 4 is 39.6 Å². The molecule has 2 N–H and O–H groups in total. The average Bonchev–Trinajstić information content (AvgIpc) is 3.46. The minimum absolute atomic E-state index is 0.0560. The molecule has 6 aromatic rings. The second-order valence-corrected chi connectivity index (χ2v) is 11.6. The largest absolute Gasteiger partial charge is 0.451 e. The molecule has 1 aliphatic heterocycles. The summed E-state index contributed by atoms with van der Waals surface area (Å²) in [6.45, 7) is 1.89. The highest BCUT2D eigenvalue weighted by Gasteiger charge is 2.29. The minimum Gasteiger partial charge on any atom is -0.451 e. The molecule has 10 heteroatoms. The van der Waals surface area contributed by atoms with Gasteiger partial charge in [-0.3, -0.25) is 19.7 Å². The second-order valence-electron chi connectivity index (χ2n) is 11.6. The van der Waals surface area contributed by atoms with Gasteiger partial charge in [-0.25, -0.2) is 14.6 Å². The number of fused-ring (bicyclic) bond motifs is 2. The Hall–Kier alpha value is -5.74. The lowest BCUT2D eigenvalue weighted by Gasteiger charge is -2.33. The van der Waals surface area contributed by atoms with E-state index in [1.165, 1.54) is 7.11 Å². The number of pyridine rings is 1. The number of likely N-dealkylation sites (tertiary alicyclic amines) is 1. The van der Waals surface area contributed by atoms with E-state index in [9.17, 15) is 14.4 Å². The molecular weight excluding hydrogens is 592 g/mol. The van der Waals surface area contributed by atoms with Crippen molar-refractivity contribution in [2.75, 3.05) is 25.2 Å². The van der Waals surface area contributed by atoms with E-state index in [0.29, 0.717) is 34.4 Å². The van der Waals surface area contributed by atoms with Crippen molar-refractivity contribution in [2.45, 2.75) is 25.4 Å². The van der Waals surface area contributed by atoms with Gasteiger partial charge in [0.05, 0.1) is 40.6 Å². The number of carbonyl (C=O) groups excluding carboxylic acids is 2. The Kier molecular flexibility index (Phi) is 8.24. The van der Waals surface area contributed by atoms with Gasteiger partial charge in [-0.05, 0) is 43.2 Å². The number of carbonyl (C=O) groups is 2. The van der Waals surface area contributed by atoms with Crippen LogP contribution < -0.4 is 16.1 Å². The molecule has 0 bridgehead atoms. The lowest BCUT2D eigenvalue weighted by atomic mass is 9.94. The van der Waals surface area contributed by atoms with Gasteiger partial charge >= 0.3 is 11.8 Å². The number of nitrogens with zero attached hydrogens (tertiary/aromatic N) is 4. The van der Waals surface area contributed by atoms with Crippen LogP contribution in [0.5, 0.6) is 0 Å². The highest BCUT2D eigenvalue weighted by atomic mass is 16.5. The van der Waals surface area contributed by atoms with E-state index in [1.807, 2.05) is 89.5 Å². The third kappa shape index (κ3) is 5.86. The van der Waals surface area contributed by atoms with Crippen LogP contribution in [0.2, 0.25) is 0 Å². The van der Waals surface area contributed by atoms with Crippen LogP contribution in [-0.4, -0.2) is 51.6 Å². The number of piperidine rings is 1. The molecule has 47 heavy (non-hydrogen) atoms. The fraction of sp³-hybridized carbons (Fsp3) is 0.189. The Morgan fingerprint density at radius 3 is 2.30 bits per heavy atom. The summed E-state index contributed by atoms with van der Waals surface area (Å²) in [6.07, 6.45) is 0.826. The number of aromatic nitrogens is 3. The number of hydrogen-bond donors (Lipinski definition) is 2. The Balaban J connectivity index is 1.27. The zero-order valence-electron chi connectivity index (χ0n) is 25.9. The number of anilines is 1. The van der Waals surface area contributed by atoms with Crippen molar-refractivity contribution in [3.63, 3.8) is 0 Å². The molecule has 0 saturated carbocycles. The van der Waals surface area contributed by atoms with Crippen molar-refractivity contribution < 1.29 is 14.3 Å². The Labute approximate surface area is 271 Å². The van der Waals surface area contributed by atoms with Crippen LogP contribution in [0.15, 0.2) is 114 Å². The lowest BCUT2D eigenvalue weighted by molar-refractivity contribution is 0.0939. The molecule has 7 rings (SSSR count). The molecule has 236 valence electrons. The number of methoxy groups -OCH3 is 1. The molecule has 0 aliphatic carbocycles. The molecule has 1 saturated heterocycles. The number of rotatable bonds is 6. The maximum atomic E-state index is 14.4. The summed E-state index contributed by atoms with van der Waals surface area (Å²) >= 11 is 0. The maximum Gasteiger partial charge on any atom is 0.433 e. The monoisotopic (exact) mass is 626 g/mol. The molecular formula is C37H34N6O4. The summed E-state index contributed by atoms with van der Waals surface area (Å²) < 4.78 is 6.92. The second kappa shape index (κ2) is 12.9. The molecule has 10 nitrogen and oxygen atoms in total. The van der Waals surface area contributed by atoms with Crippen LogP contribution in [0, 0.1) is 0 Å². The van der Waals surface area contributed by atoms with Crippen molar-refractivity contribution in [2.24, 2.45) is 0 Å². The van der Waals surface area contributed by atoms with Gasteiger partial charge in [0.2, 0.25) is 0 Å². The SMILES string of the molecule is COC(=O)N(NC(=O)c1c(CN2CCC(n3c(=O)[nH]c4ccccc43)CC2)c(-c2ccccc2)nc2ccccc12)c1ccccc1. The number of aromatic amines is 1. The van der Waals surface area contributed by atoms with Crippen molar-refractivity contribution in [1.29, 1.82) is 0 Å². The number of nitrogens with one attached hydrogen (secondary N) is 2. The van der Waals surface area contributed by atoms with E-state index in [4.69, 9.17) is 9.72 Å². The first-order valence-corrected chi connectivity index (χ1v) is 15.6. The summed E-state index contributed by atoms with van der Waals surface area (Å²) in [5, 5.41) is 1.80. The Morgan fingerprint density at radius 2 is 1.55 bits per heavy atom. The first-order valence-electron chi connectivity index (χ1n) is 15.6. The molecule has 0 spiro atoms. The van der Waals surface area contributed by atoms with Gasteiger partial charge in [0, 0.05) is 42.2 Å². The topological polar surface area (TPSA) is 113 Å². The van der Waals surface area contributed by atoms with E-state index in [2.05, 4.69) is 15.3 Å². The smallest absolute Gasteiger partial charge is 0.433 e. The third-order valence-corrected chi connectivity index (χ3v) is 8.78. The molecule has 0 radical (unpaired) electrons. The van der Waals surface area contributed by atoms with Crippen LogP contribution in [0.3, 0.4) is 0 Å². The number of amides is 2. The van der Waals surface area contributed by atoms with E-state index >= 15 is 0 Å². The van der Waals surface area contributed by atoms with E-state index in [-0.39, 0.29) is 11.7 Å². The fourth-order valence-corrected chi connectivity index (χ4v) is 6.54. The third-order valence-electron chi connectivity index (χ3n) is 8.78. The Morgan fingerprint density at radius 1 is 0.894 bits per heavy atom. The minimum atomic E-state index is -0.720. The van der Waals surface area contributed by atoms with Crippen molar-refractivity contribution in [3.05, 3.63) is 131 Å². The van der Waals surface area contributed by atoms with Crippen LogP contribution in [0.1, 0.15) is 34.8 Å². The van der Waals surface area contributed by atoms with Crippen molar-refractivity contribution in [1.82, 2.24) is 24.9 Å². The van der Waals surface area contributed by atoms with Gasteiger partial charge in [-0.1, -0.05) is 78.9 Å². The number of ether oxygens (including phenoxy) is 1. The van der Waals surface area contributed by atoms with Crippen molar-refractivity contribution in [3.8, 4) is 11.3 Å². The highest BCUT2D eigenvalue weighted by molar-refractivity contribution is 6.10. The number of hydrogen-bond acceptors (Lipinski definition) is 6.